The average molecular weight is 421 g/mol. The summed E-state index contributed by atoms with van der Waals surface area (Å²) in [5.74, 6) is -1.67. The van der Waals surface area contributed by atoms with E-state index in [0.717, 1.165) is 16.7 Å². The number of rotatable bonds is 13. The molecule has 30 heavy (non-hydrogen) atoms. The number of hydrogen-bond donors (Lipinski definition) is 6. The predicted octanol–water partition coefficient (Wildman–Crippen LogP) is -1.12. The SMILES string of the molecule is Cc1cc(O)cc(C)c1C[C@H](NC=O)C(=O)NC(CCCCN)C(=O)NCC(N)=O. The highest BCUT2D eigenvalue weighted by atomic mass is 16.3. The summed E-state index contributed by atoms with van der Waals surface area (Å²) in [6, 6.07) is 1.32. The van der Waals surface area contributed by atoms with Gasteiger partial charge < -0.3 is 32.5 Å². The van der Waals surface area contributed by atoms with Gasteiger partial charge in [0.05, 0.1) is 6.54 Å². The van der Waals surface area contributed by atoms with Crippen LogP contribution in [-0.2, 0) is 25.6 Å². The van der Waals surface area contributed by atoms with Crippen molar-refractivity contribution in [1.82, 2.24) is 16.0 Å². The van der Waals surface area contributed by atoms with Crippen LogP contribution >= 0.6 is 0 Å². The number of aromatic hydroxyl groups is 1. The van der Waals surface area contributed by atoms with Crippen molar-refractivity contribution in [1.29, 1.82) is 0 Å². The monoisotopic (exact) mass is 421 g/mol. The molecule has 0 saturated carbocycles. The second-order valence-electron chi connectivity index (χ2n) is 7.13. The first kappa shape index (κ1) is 24.9. The van der Waals surface area contributed by atoms with Gasteiger partial charge in [0, 0.05) is 6.42 Å². The molecule has 0 heterocycles. The number of nitrogens with one attached hydrogen (secondary N) is 3. The fourth-order valence-electron chi connectivity index (χ4n) is 3.14. The lowest BCUT2D eigenvalue weighted by Gasteiger charge is -2.23. The molecule has 4 amide bonds. The van der Waals surface area contributed by atoms with Gasteiger partial charge in [-0.1, -0.05) is 0 Å². The van der Waals surface area contributed by atoms with Crippen LogP contribution in [0.3, 0.4) is 0 Å². The van der Waals surface area contributed by atoms with Crippen LogP contribution in [0.1, 0.15) is 36.0 Å². The van der Waals surface area contributed by atoms with E-state index in [1.807, 2.05) is 0 Å². The van der Waals surface area contributed by atoms with E-state index >= 15 is 0 Å². The van der Waals surface area contributed by atoms with Crippen molar-refractivity contribution in [2.45, 2.75) is 51.6 Å². The van der Waals surface area contributed by atoms with Gasteiger partial charge >= 0.3 is 0 Å². The molecular formula is C20H31N5O5. The van der Waals surface area contributed by atoms with Gasteiger partial charge in [0.2, 0.25) is 24.1 Å². The second kappa shape index (κ2) is 12.4. The molecule has 0 aliphatic heterocycles. The molecule has 0 bridgehead atoms. The molecule has 0 spiro atoms. The molecule has 0 aliphatic rings. The van der Waals surface area contributed by atoms with E-state index in [-0.39, 0.29) is 18.7 Å². The third kappa shape index (κ3) is 8.08. The smallest absolute Gasteiger partial charge is 0.243 e. The van der Waals surface area contributed by atoms with Crippen molar-refractivity contribution in [3.63, 3.8) is 0 Å². The van der Waals surface area contributed by atoms with Crippen LogP contribution in [-0.4, -0.2) is 54.4 Å². The highest BCUT2D eigenvalue weighted by molar-refractivity contribution is 5.92. The van der Waals surface area contributed by atoms with Gasteiger partial charge in [-0.05, 0) is 68.5 Å². The molecule has 0 aliphatic carbocycles. The van der Waals surface area contributed by atoms with E-state index in [1.165, 1.54) is 0 Å². The van der Waals surface area contributed by atoms with Crippen molar-refractivity contribution in [3.8, 4) is 5.75 Å². The second-order valence-corrected chi connectivity index (χ2v) is 7.13. The number of amides is 4. The van der Waals surface area contributed by atoms with Gasteiger partial charge in [-0.2, -0.15) is 0 Å². The lowest BCUT2D eigenvalue weighted by molar-refractivity contribution is -0.131. The lowest BCUT2D eigenvalue weighted by Crippen LogP contribution is -2.54. The molecule has 0 radical (unpaired) electrons. The molecule has 1 aromatic carbocycles. The largest absolute Gasteiger partial charge is 0.508 e. The van der Waals surface area contributed by atoms with Gasteiger partial charge in [0.15, 0.2) is 0 Å². The molecule has 10 heteroatoms. The van der Waals surface area contributed by atoms with Crippen LogP contribution in [0.25, 0.3) is 0 Å². The number of primary amides is 1. The summed E-state index contributed by atoms with van der Waals surface area (Å²) in [6.07, 6.45) is 2.18. The molecule has 0 saturated heterocycles. The number of phenols is 1. The highest BCUT2D eigenvalue weighted by Crippen LogP contribution is 2.22. The molecule has 1 unspecified atom stereocenters. The maximum absolute atomic E-state index is 12.8. The number of hydrogen-bond acceptors (Lipinski definition) is 6. The minimum Gasteiger partial charge on any atom is -0.508 e. The molecule has 10 nitrogen and oxygen atoms in total. The van der Waals surface area contributed by atoms with E-state index in [9.17, 15) is 24.3 Å². The van der Waals surface area contributed by atoms with Crippen molar-refractivity contribution >= 4 is 24.1 Å². The fourth-order valence-corrected chi connectivity index (χ4v) is 3.14. The standard InChI is InChI=1S/C20H31N5O5/c1-12-7-14(27)8-13(2)15(12)9-17(24-11-26)20(30)25-16(5-3-4-6-21)19(29)23-10-18(22)28/h7-8,11,16-17,27H,3-6,9-10,21H2,1-2H3,(H2,22,28)(H,23,29)(H,24,26)(H,25,30)/t16?,17-/m0/s1. The lowest BCUT2D eigenvalue weighted by atomic mass is 9.95. The topological polar surface area (TPSA) is 177 Å². The van der Waals surface area contributed by atoms with Crippen molar-refractivity contribution in [2.75, 3.05) is 13.1 Å². The first-order valence-corrected chi connectivity index (χ1v) is 9.74. The van der Waals surface area contributed by atoms with Crippen LogP contribution in [0, 0.1) is 13.8 Å². The molecule has 0 aromatic heterocycles. The van der Waals surface area contributed by atoms with Crippen LogP contribution < -0.4 is 27.4 Å². The van der Waals surface area contributed by atoms with Crippen molar-refractivity contribution < 1.29 is 24.3 Å². The number of benzene rings is 1. The van der Waals surface area contributed by atoms with Crippen LogP contribution in [0.4, 0.5) is 0 Å². The molecule has 8 N–H and O–H groups in total. The van der Waals surface area contributed by atoms with E-state index < -0.39 is 29.8 Å². The zero-order valence-corrected chi connectivity index (χ0v) is 17.4. The number of nitrogens with two attached hydrogens (primary N) is 2. The Morgan fingerprint density at radius 2 is 1.73 bits per heavy atom. The van der Waals surface area contributed by atoms with E-state index in [1.54, 1.807) is 26.0 Å². The van der Waals surface area contributed by atoms with Gasteiger partial charge in [-0.15, -0.1) is 0 Å². The summed E-state index contributed by atoms with van der Waals surface area (Å²) in [7, 11) is 0. The highest BCUT2D eigenvalue weighted by Gasteiger charge is 2.26. The Morgan fingerprint density at radius 3 is 2.27 bits per heavy atom. The number of unbranched alkanes of at least 4 members (excludes halogenated alkanes) is 1. The minimum atomic E-state index is -0.926. The Kier molecular flexibility index (Phi) is 10.3. The van der Waals surface area contributed by atoms with E-state index in [2.05, 4.69) is 16.0 Å². The Balaban J connectivity index is 2.96. The van der Waals surface area contributed by atoms with Crippen molar-refractivity contribution in [2.24, 2.45) is 11.5 Å². The minimum absolute atomic E-state index is 0.115. The van der Waals surface area contributed by atoms with Gasteiger partial charge in [-0.3, -0.25) is 19.2 Å². The Hall–Kier alpha value is -3.14. The molecule has 0 fully saturated rings. The van der Waals surface area contributed by atoms with E-state index in [4.69, 9.17) is 11.5 Å². The van der Waals surface area contributed by atoms with Gasteiger partial charge in [-0.25, -0.2) is 0 Å². The molecular weight excluding hydrogens is 390 g/mol. The fraction of sp³-hybridized carbons (Fsp3) is 0.500. The maximum Gasteiger partial charge on any atom is 0.243 e. The Labute approximate surface area is 175 Å². The number of phenolic OH excluding ortho intramolecular Hbond substituents is 1. The first-order chi connectivity index (χ1) is 14.2. The van der Waals surface area contributed by atoms with Crippen molar-refractivity contribution in [3.05, 3.63) is 28.8 Å². The summed E-state index contributed by atoms with van der Waals surface area (Å²) in [5.41, 5.74) is 12.9. The summed E-state index contributed by atoms with van der Waals surface area (Å²) in [6.45, 7) is 3.69. The van der Waals surface area contributed by atoms with E-state index in [0.29, 0.717) is 32.2 Å². The first-order valence-electron chi connectivity index (χ1n) is 9.74. The Morgan fingerprint density at radius 1 is 1.10 bits per heavy atom. The summed E-state index contributed by atoms with van der Waals surface area (Å²) in [5, 5.41) is 17.2. The maximum atomic E-state index is 12.8. The van der Waals surface area contributed by atoms with Crippen LogP contribution in [0.15, 0.2) is 12.1 Å². The number of aryl methyl sites for hydroxylation is 2. The molecule has 1 rings (SSSR count). The third-order valence-electron chi connectivity index (χ3n) is 4.69. The molecule has 2 atom stereocenters. The van der Waals surface area contributed by atoms with Gasteiger partial charge in [0.25, 0.3) is 0 Å². The number of carbonyl (C=O) groups is 4. The number of carbonyl (C=O) groups excluding carboxylic acids is 4. The zero-order chi connectivity index (χ0) is 22.7. The zero-order valence-electron chi connectivity index (χ0n) is 17.4. The quantitative estimate of drug-likeness (QED) is 0.174. The normalized spacial score (nSPS) is 12.5. The van der Waals surface area contributed by atoms with Gasteiger partial charge in [0.1, 0.15) is 17.8 Å². The summed E-state index contributed by atoms with van der Waals surface area (Å²) >= 11 is 0. The molecule has 166 valence electrons. The van der Waals surface area contributed by atoms with Crippen LogP contribution in [0.2, 0.25) is 0 Å². The predicted molar refractivity (Wildman–Crippen MR) is 111 cm³/mol. The Bertz CT molecular complexity index is 745. The van der Waals surface area contributed by atoms with Crippen LogP contribution in [0.5, 0.6) is 5.75 Å². The summed E-state index contributed by atoms with van der Waals surface area (Å²) in [4.78, 5) is 47.2. The third-order valence-corrected chi connectivity index (χ3v) is 4.69. The molecule has 1 aromatic rings. The average Bonchev–Trinajstić information content (AvgIpc) is 2.67. The summed E-state index contributed by atoms with van der Waals surface area (Å²) < 4.78 is 0.